The Balaban J connectivity index is 2.31. The second-order valence-corrected chi connectivity index (χ2v) is 3.71. The highest BCUT2D eigenvalue weighted by atomic mass is 15.0. The average molecular weight is 209 g/mol. The molecule has 1 aromatic heterocycles. The van der Waals surface area contributed by atoms with Crippen molar-refractivity contribution in [3.8, 4) is 17.2 Å². The number of aromatic nitrogens is 1. The highest BCUT2D eigenvalue weighted by molar-refractivity contribution is 5.61. The lowest BCUT2D eigenvalue weighted by Crippen LogP contribution is -2.35. The third-order valence-corrected chi connectivity index (χ3v) is 2.59. The van der Waals surface area contributed by atoms with Crippen molar-refractivity contribution in [2.24, 2.45) is 0 Å². The molecule has 0 saturated heterocycles. The summed E-state index contributed by atoms with van der Waals surface area (Å²) in [6.07, 6.45) is 3.88. The summed E-state index contributed by atoms with van der Waals surface area (Å²) in [6.45, 7) is 1.88. The largest absolute Gasteiger partial charge is 0.240 e. The minimum Gasteiger partial charge on any atom is -0.191 e. The Morgan fingerprint density at radius 3 is 2.12 bits per heavy atom. The summed E-state index contributed by atoms with van der Waals surface area (Å²) in [4.78, 5) is 0. The van der Waals surface area contributed by atoms with E-state index in [-0.39, 0.29) is 6.04 Å². The number of nitrogens with zero attached hydrogens (tertiary/aromatic N) is 2. The molecule has 0 saturated carbocycles. The fraction of sp³-hybridized carbons (Fsp3) is 0.143. The molecular formula is C14H13N2+. The number of rotatable bonds is 2. The quantitative estimate of drug-likeness (QED) is 0.699. The van der Waals surface area contributed by atoms with E-state index in [2.05, 4.69) is 18.2 Å². The van der Waals surface area contributed by atoms with Crippen LogP contribution in [0, 0.1) is 11.3 Å². The topological polar surface area (TPSA) is 27.7 Å². The summed E-state index contributed by atoms with van der Waals surface area (Å²) < 4.78 is 1.90. The normalized spacial score (nSPS) is 11.8. The van der Waals surface area contributed by atoms with E-state index in [1.165, 1.54) is 11.1 Å². The van der Waals surface area contributed by atoms with E-state index in [0.29, 0.717) is 0 Å². The maximum Gasteiger partial charge on any atom is 0.240 e. The van der Waals surface area contributed by atoms with Crippen LogP contribution in [0.25, 0.3) is 11.1 Å². The molecule has 0 N–H and O–H groups in total. The molecule has 1 unspecified atom stereocenters. The summed E-state index contributed by atoms with van der Waals surface area (Å²) >= 11 is 0. The summed E-state index contributed by atoms with van der Waals surface area (Å²) in [5.41, 5.74) is 2.36. The molecule has 0 amide bonds. The van der Waals surface area contributed by atoms with E-state index in [4.69, 9.17) is 5.26 Å². The van der Waals surface area contributed by atoms with Crippen molar-refractivity contribution >= 4 is 0 Å². The Kier molecular flexibility index (Phi) is 2.98. The van der Waals surface area contributed by atoms with Gasteiger partial charge in [-0.3, -0.25) is 0 Å². The van der Waals surface area contributed by atoms with Gasteiger partial charge in [-0.25, -0.2) is 0 Å². The van der Waals surface area contributed by atoms with Crippen molar-refractivity contribution in [1.29, 1.82) is 5.26 Å². The number of nitriles is 1. The van der Waals surface area contributed by atoms with Crippen molar-refractivity contribution in [3.05, 3.63) is 54.9 Å². The molecule has 1 aromatic carbocycles. The second kappa shape index (κ2) is 4.59. The van der Waals surface area contributed by atoms with Gasteiger partial charge in [0.05, 0.1) is 0 Å². The van der Waals surface area contributed by atoms with Crippen LogP contribution in [0.4, 0.5) is 0 Å². The highest BCUT2D eigenvalue weighted by Gasteiger charge is 2.09. The van der Waals surface area contributed by atoms with Gasteiger partial charge in [-0.05, 0) is 11.1 Å². The number of hydrogen-bond donors (Lipinski definition) is 0. The first-order chi connectivity index (χ1) is 7.81. The Hall–Kier alpha value is -2.14. The molecule has 78 valence electrons. The first-order valence-electron chi connectivity index (χ1n) is 5.27. The van der Waals surface area contributed by atoms with Gasteiger partial charge < -0.3 is 0 Å². The predicted octanol–water partition coefficient (Wildman–Crippen LogP) is 2.73. The molecule has 0 radical (unpaired) electrons. The van der Waals surface area contributed by atoms with Crippen LogP contribution in [0.15, 0.2) is 54.9 Å². The van der Waals surface area contributed by atoms with Crippen molar-refractivity contribution in [2.45, 2.75) is 13.0 Å². The zero-order valence-electron chi connectivity index (χ0n) is 9.17. The summed E-state index contributed by atoms with van der Waals surface area (Å²) in [5, 5.41) is 8.80. The molecule has 2 aromatic rings. The van der Waals surface area contributed by atoms with Crippen molar-refractivity contribution in [3.63, 3.8) is 0 Å². The molecule has 0 spiro atoms. The zero-order chi connectivity index (χ0) is 11.4. The van der Waals surface area contributed by atoms with E-state index in [9.17, 15) is 0 Å². The van der Waals surface area contributed by atoms with Gasteiger partial charge in [0.1, 0.15) is 6.07 Å². The second-order valence-electron chi connectivity index (χ2n) is 3.71. The predicted molar refractivity (Wildman–Crippen MR) is 62.4 cm³/mol. The number of hydrogen-bond acceptors (Lipinski definition) is 1. The first-order valence-corrected chi connectivity index (χ1v) is 5.27. The maximum absolute atomic E-state index is 8.80. The van der Waals surface area contributed by atoms with Gasteiger partial charge in [0.15, 0.2) is 12.4 Å². The van der Waals surface area contributed by atoms with Gasteiger partial charge in [0, 0.05) is 19.1 Å². The average Bonchev–Trinajstić information content (AvgIpc) is 2.39. The minimum atomic E-state index is -0.121. The fourth-order valence-electron chi connectivity index (χ4n) is 1.59. The van der Waals surface area contributed by atoms with Crippen LogP contribution < -0.4 is 4.57 Å². The number of benzene rings is 1. The van der Waals surface area contributed by atoms with Crippen LogP contribution in [0.5, 0.6) is 0 Å². The van der Waals surface area contributed by atoms with Crippen LogP contribution in [0.1, 0.15) is 13.0 Å². The Morgan fingerprint density at radius 2 is 1.56 bits per heavy atom. The molecule has 16 heavy (non-hydrogen) atoms. The van der Waals surface area contributed by atoms with Crippen LogP contribution in [0.3, 0.4) is 0 Å². The van der Waals surface area contributed by atoms with E-state index < -0.39 is 0 Å². The SMILES string of the molecule is CC(C#N)[n+]1ccc(-c2ccccc2)cc1. The molecule has 0 fully saturated rings. The molecule has 2 heteroatoms. The van der Waals surface area contributed by atoms with Gasteiger partial charge in [-0.1, -0.05) is 30.3 Å². The zero-order valence-corrected chi connectivity index (χ0v) is 9.17. The summed E-state index contributed by atoms with van der Waals surface area (Å²) in [5.74, 6) is 0. The van der Waals surface area contributed by atoms with Gasteiger partial charge in [0.2, 0.25) is 6.04 Å². The van der Waals surface area contributed by atoms with Crippen LogP contribution >= 0.6 is 0 Å². The summed E-state index contributed by atoms with van der Waals surface area (Å²) in [6, 6.07) is 16.3. The monoisotopic (exact) mass is 209 g/mol. The number of pyridine rings is 1. The Labute approximate surface area is 95.4 Å². The Bertz CT molecular complexity index is 495. The minimum absolute atomic E-state index is 0.121. The van der Waals surface area contributed by atoms with Gasteiger partial charge in [-0.15, -0.1) is 0 Å². The van der Waals surface area contributed by atoms with Crippen molar-refractivity contribution in [2.75, 3.05) is 0 Å². The highest BCUT2D eigenvalue weighted by Crippen LogP contribution is 2.16. The Morgan fingerprint density at radius 1 is 1.00 bits per heavy atom. The standard InChI is InChI=1S/C14H13N2/c1-12(11-15)16-9-7-14(8-10-16)13-5-3-2-4-6-13/h2-10,12H,1H3/q+1. The molecule has 2 rings (SSSR count). The molecule has 1 atom stereocenters. The molecule has 2 nitrogen and oxygen atoms in total. The lowest BCUT2D eigenvalue weighted by atomic mass is 10.1. The third kappa shape index (κ3) is 2.09. The van der Waals surface area contributed by atoms with E-state index in [1.807, 2.05) is 54.2 Å². The fourth-order valence-corrected chi connectivity index (χ4v) is 1.59. The molecule has 0 aliphatic carbocycles. The molecular weight excluding hydrogens is 196 g/mol. The van der Waals surface area contributed by atoms with E-state index >= 15 is 0 Å². The summed E-state index contributed by atoms with van der Waals surface area (Å²) in [7, 11) is 0. The van der Waals surface area contributed by atoms with E-state index in [1.54, 1.807) is 0 Å². The van der Waals surface area contributed by atoms with Crippen LogP contribution in [-0.4, -0.2) is 0 Å². The smallest absolute Gasteiger partial charge is 0.191 e. The van der Waals surface area contributed by atoms with Gasteiger partial charge in [0.25, 0.3) is 0 Å². The molecule has 1 heterocycles. The first kappa shape index (κ1) is 10.4. The third-order valence-electron chi connectivity index (χ3n) is 2.59. The van der Waals surface area contributed by atoms with Crippen LogP contribution in [-0.2, 0) is 0 Å². The molecule has 0 aliphatic rings. The lowest BCUT2D eigenvalue weighted by molar-refractivity contribution is -0.706. The molecule has 0 aliphatic heterocycles. The lowest BCUT2D eigenvalue weighted by Gasteiger charge is -2.01. The van der Waals surface area contributed by atoms with Gasteiger partial charge in [-0.2, -0.15) is 9.83 Å². The van der Waals surface area contributed by atoms with E-state index in [0.717, 1.165) is 0 Å². The molecule has 0 bridgehead atoms. The maximum atomic E-state index is 8.80. The van der Waals surface area contributed by atoms with Crippen molar-refractivity contribution < 1.29 is 4.57 Å². The van der Waals surface area contributed by atoms with Gasteiger partial charge >= 0.3 is 0 Å². The van der Waals surface area contributed by atoms with Crippen molar-refractivity contribution in [1.82, 2.24) is 0 Å². The van der Waals surface area contributed by atoms with Crippen LogP contribution in [0.2, 0.25) is 0 Å².